The number of hydrogen-bond donors (Lipinski definition) is 1. The topological polar surface area (TPSA) is 80.4 Å². The van der Waals surface area contributed by atoms with E-state index in [1.807, 2.05) is 18.2 Å². The van der Waals surface area contributed by atoms with Crippen molar-refractivity contribution in [3.8, 4) is 0 Å². The van der Waals surface area contributed by atoms with Gasteiger partial charge in [-0.3, -0.25) is 9.78 Å². The Morgan fingerprint density at radius 1 is 1.25 bits per heavy atom. The summed E-state index contributed by atoms with van der Waals surface area (Å²) in [5.74, 6) is -0.464. The summed E-state index contributed by atoms with van der Waals surface area (Å²) in [7, 11) is 0. The first-order chi connectivity index (χ1) is 11.6. The first-order valence-electron chi connectivity index (χ1n) is 7.57. The van der Waals surface area contributed by atoms with Gasteiger partial charge in [-0.2, -0.15) is 0 Å². The van der Waals surface area contributed by atoms with E-state index in [9.17, 15) is 9.59 Å². The summed E-state index contributed by atoms with van der Waals surface area (Å²) in [4.78, 5) is 27.9. The van der Waals surface area contributed by atoms with Crippen LogP contribution in [0.4, 0.5) is 0 Å². The van der Waals surface area contributed by atoms with Crippen LogP contribution in [0.1, 0.15) is 33.7 Å². The molecule has 0 atom stereocenters. The van der Waals surface area contributed by atoms with Crippen molar-refractivity contribution in [3.63, 3.8) is 0 Å². The number of rotatable bonds is 2. The Balaban J connectivity index is 1.90. The molecule has 1 aromatic carbocycles. The average molecular weight is 319 g/mol. The Morgan fingerprint density at radius 2 is 2.12 bits per heavy atom. The monoisotopic (exact) mass is 319 g/mol. The standard InChI is InChI=1S/C19H13NO4/c21-17-14-5-3-12(8-11-2-1-7-20-10-11)18(14)24-16-6-4-13(19(22)23)9-15(16)17/h1-2,4,6-10H,3,5H2,(H,22,23)/b12-8+. The second kappa shape index (κ2) is 5.45. The molecule has 1 aliphatic carbocycles. The van der Waals surface area contributed by atoms with Crippen LogP contribution >= 0.6 is 0 Å². The third-order valence-electron chi connectivity index (χ3n) is 4.19. The van der Waals surface area contributed by atoms with Gasteiger partial charge in [0.1, 0.15) is 11.3 Å². The second-order valence-electron chi connectivity index (χ2n) is 5.71. The summed E-state index contributed by atoms with van der Waals surface area (Å²) in [5.41, 5.74) is 2.86. The first-order valence-corrected chi connectivity index (χ1v) is 7.57. The highest BCUT2D eigenvalue weighted by Gasteiger charge is 2.24. The molecule has 0 saturated carbocycles. The number of carboxylic acid groups (broad SMARTS) is 1. The molecular weight excluding hydrogens is 306 g/mol. The molecule has 0 saturated heterocycles. The van der Waals surface area contributed by atoms with Crippen LogP contribution in [0.25, 0.3) is 22.6 Å². The molecule has 0 radical (unpaired) electrons. The summed E-state index contributed by atoms with van der Waals surface area (Å²) in [5, 5.41) is 9.40. The van der Waals surface area contributed by atoms with E-state index in [2.05, 4.69) is 4.98 Å². The smallest absolute Gasteiger partial charge is 0.335 e. The predicted octanol–water partition coefficient (Wildman–Crippen LogP) is 3.37. The van der Waals surface area contributed by atoms with Gasteiger partial charge in [0, 0.05) is 18.0 Å². The molecule has 1 aliphatic rings. The van der Waals surface area contributed by atoms with Gasteiger partial charge in [0.05, 0.1) is 10.9 Å². The van der Waals surface area contributed by atoms with Gasteiger partial charge in [-0.25, -0.2) is 4.79 Å². The molecule has 2 aromatic heterocycles. The zero-order valence-corrected chi connectivity index (χ0v) is 12.7. The van der Waals surface area contributed by atoms with Gasteiger partial charge >= 0.3 is 5.97 Å². The Morgan fingerprint density at radius 3 is 2.88 bits per heavy atom. The molecule has 3 aromatic rings. The van der Waals surface area contributed by atoms with Crippen LogP contribution < -0.4 is 5.43 Å². The minimum atomic E-state index is -1.06. The van der Waals surface area contributed by atoms with Gasteiger partial charge in [-0.05, 0) is 54.3 Å². The van der Waals surface area contributed by atoms with E-state index < -0.39 is 5.97 Å². The third-order valence-corrected chi connectivity index (χ3v) is 4.19. The number of benzene rings is 1. The fraction of sp³-hybridized carbons (Fsp3) is 0.105. The summed E-state index contributed by atoms with van der Waals surface area (Å²) in [6.45, 7) is 0. The highest BCUT2D eigenvalue weighted by atomic mass is 16.4. The van der Waals surface area contributed by atoms with E-state index in [1.165, 1.54) is 12.1 Å². The molecule has 4 rings (SSSR count). The number of hydrogen-bond acceptors (Lipinski definition) is 4. The van der Waals surface area contributed by atoms with E-state index >= 15 is 0 Å². The molecule has 5 nitrogen and oxygen atoms in total. The Labute approximate surface area is 136 Å². The first kappa shape index (κ1) is 14.4. The van der Waals surface area contributed by atoms with Crippen LogP contribution in [0.15, 0.2) is 51.9 Å². The second-order valence-corrected chi connectivity index (χ2v) is 5.71. The zero-order valence-electron chi connectivity index (χ0n) is 12.7. The lowest BCUT2D eigenvalue weighted by Gasteiger charge is -2.04. The summed E-state index contributed by atoms with van der Waals surface area (Å²) in [6, 6.07) is 8.16. The molecule has 118 valence electrons. The van der Waals surface area contributed by atoms with Crippen molar-refractivity contribution >= 4 is 28.6 Å². The van der Waals surface area contributed by atoms with Gasteiger partial charge < -0.3 is 9.52 Å². The maximum Gasteiger partial charge on any atom is 0.335 e. The Bertz CT molecular complexity index is 1050. The SMILES string of the molecule is O=C(O)c1ccc2oc3c(c(=O)c2c1)CC/C3=C\c1cccnc1. The van der Waals surface area contributed by atoms with E-state index in [-0.39, 0.29) is 11.0 Å². The van der Waals surface area contributed by atoms with Crippen molar-refractivity contribution in [2.24, 2.45) is 0 Å². The van der Waals surface area contributed by atoms with Crippen LogP contribution in [-0.4, -0.2) is 16.1 Å². The molecule has 0 bridgehead atoms. The molecule has 5 heteroatoms. The number of fused-ring (bicyclic) bond motifs is 2. The van der Waals surface area contributed by atoms with E-state index in [0.29, 0.717) is 35.1 Å². The lowest BCUT2D eigenvalue weighted by atomic mass is 10.1. The van der Waals surface area contributed by atoms with Crippen LogP contribution in [0, 0.1) is 0 Å². The van der Waals surface area contributed by atoms with Crippen LogP contribution in [0.3, 0.4) is 0 Å². The number of allylic oxidation sites excluding steroid dienone is 1. The minimum absolute atomic E-state index is 0.0823. The Hall–Kier alpha value is -3.21. The van der Waals surface area contributed by atoms with Crippen molar-refractivity contribution in [2.75, 3.05) is 0 Å². The van der Waals surface area contributed by atoms with Crippen molar-refractivity contribution in [2.45, 2.75) is 12.8 Å². The van der Waals surface area contributed by atoms with Crippen molar-refractivity contribution < 1.29 is 14.3 Å². The molecule has 0 spiro atoms. The van der Waals surface area contributed by atoms with Crippen LogP contribution in [0.2, 0.25) is 0 Å². The van der Waals surface area contributed by atoms with Gasteiger partial charge in [0.2, 0.25) is 0 Å². The zero-order chi connectivity index (χ0) is 16.7. The quantitative estimate of drug-likeness (QED) is 0.783. The predicted molar refractivity (Wildman–Crippen MR) is 89.9 cm³/mol. The third kappa shape index (κ3) is 2.31. The average Bonchev–Trinajstić information content (AvgIpc) is 2.99. The van der Waals surface area contributed by atoms with Gasteiger partial charge in [-0.15, -0.1) is 0 Å². The number of aromatic carboxylic acids is 1. The molecule has 24 heavy (non-hydrogen) atoms. The molecule has 0 unspecified atom stereocenters. The fourth-order valence-corrected chi connectivity index (χ4v) is 3.03. The summed E-state index contributed by atoms with van der Waals surface area (Å²) >= 11 is 0. The highest BCUT2D eigenvalue weighted by Crippen LogP contribution is 2.34. The largest absolute Gasteiger partial charge is 0.478 e. The van der Waals surface area contributed by atoms with Crippen LogP contribution in [-0.2, 0) is 6.42 Å². The summed E-state index contributed by atoms with van der Waals surface area (Å²) < 4.78 is 5.92. The highest BCUT2D eigenvalue weighted by molar-refractivity contribution is 5.94. The molecule has 2 heterocycles. The van der Waals surface area contributed by atoms with E-state index in [0.717, 1.165) is 11.1 Å². The Kier molecular flexibility index (Phi) is 3.27. The lowest BCUT2D eigenvalue weighted by Crippen LogP contribution is -2.09. The fourth-order valence-electron chi connectivity index (χ4n) is 3.03. The molecule has 1 N–H and O–H groups in total. The number of carboxylic acids is 1. The number of carbonyl (C=O) groups is 1. The number of pyridine rings is 1. The molecule has 0 aliphatic heterocycles. The van der Waals surface area contributed by atoms with Gasteiger partial charge in [0.15, 0.2) is 5.43 Å². The normalized spacial score (nSPS) is 14.9. The van der Waals surface area contributed by atoms with Gasteiger partial charge in [0.25, 0.3) is 0 Å². The van der Waals surface area contributed by atoms with E-state index in [4.69, 9.17) is 9.52 Å². The van der Waals surface area contributed by atoms with Crippen molar-refractivity contribution in [1.29, 1.82) is 0 Å². The molecule has 0 amide bonds. The van der Waals surface area contributed by atoms with E-state index in [1.54, 1.807) is 18.5 Å². The van der Waals surface area contributed by atoms with Crippen molar-refractivity contribution in [1.82, 2.24) is 4.98 Å². The molecule has 0 fully saturated rings. The van der Waals surface area contributed by atoms with Gasteiger partial charge in [-0.1, -0.05) is 6.07 Å². The maximum atomic E-state index is 12.7. The lowest BCUT2D eigenvalue weighted by molar-refractivity contribution is 0.0697. The molecular formula is C19H13NO4. The summed E-state index contributed by atoms with van der Waals surface area (Å²) in [6.07, 6.45) is 6.74. The van der Waals surface area contributed by atoms with Crippen LogP contribution in [0.5, 0.6) is 0 Å². The van der Waals surface area contributed by atoms with Crippen molar-refractivity contribution in [3.05, 3.63) is 75.4 Å². The number of aromatic nitrogens is 1. The minimum Gasteiger partial charge on any atom is -0.478 e. The number of nitrogens with zero attached hydrogens (tertiary/aromatic N) is 1. The maximum absolute atomic E-state index is 12.7.